The monoisotopic (exact) mass is 266 g/mol. The van der Waals surface area contributed by atoms with Gasteiger partial charge in [-0.2, -0.15) is 5.26 Å². The molecule has 0 aromatic rings. The second kappa shape index (κ2) is 6.91. The molecule has 1 fully saturated rings. The number of nitrogens with zero attached hydrogens (tertiary/aromatic N) is 2. The van der Waals surface area contributed by atoms with E-state index in [1.165, 1.54) is 0 Å². The van der Waals surface area contributed by atoms with Crippen molar-refractivity contribution in [2.75, 3.05) is 13.1 Å². The molecule has 1 aliphatic heterocycles. The Morgan fingerprint density at radius 3 is 2.74 bits per heavy atom. The van der Waals surface area contributed by atoms with Crippen LogP contribution in [0, 0.1) is 22.7 Å². The molecule has 0 aromatic carbocycles. The van der Waals surface area contributed by atoms with Crippen LogP contribution < -0.4 is 0 Å². The molecule has 4 heteroatoms. The van der Waals surface area contributed by atoms with Crippen molar-refractivity contribution in [1.29, 1.82) is 5.26 Å². The minimum Gasteiger partial charge on any atom is -0.480 e. The first kappa shape index (κ1) is 16.0. The smallest absolute Gasteiger partial charge is 0.320 e. The number of rotatable bonds is 6. The quantitative estimate of drug-likeness (QED) is 0.803. The Morgan fingerprint density at radius 2 is 2.21 bits per heavy atom. The van der Waals surface area contributed by atoms with Crippen molar-refractivity contribution in [3.8, 4) is 6.07 Å². The highest BCUT2D eigenvalue weighted by molar-refractivity contribution is 5.73. The van der Waals surface area contributed by atoms with Crippen LogP contribution >= 0.6 is 0 Å². The van der Waals surface area contributed by atoms with Gasteiger partial charge in [-0.3, -0.25) is 9.69 Å². The first-order chi connectivity index (χ1) is 8.89. The summed E-state index contributed by atoms with van der Waals surface area (Å²) >= 11 is 0. The van der Waals surface area contributed by atoms with E-state index in [1.54, 1.807) is 0 Å². The van der Waals surface area contributed by atoms with Gasteiger partial charge in [0.15, 0.2) is 0 Å². The zero-order valence-electron chi connectivity index (χ0n) is 12.4. The molecule has 1 N–H and O–H groups in total. The first-order valence-electron chi connectivity index (χ1n) is 7.27. The van der Waals surface area contributed by atoms with Gasteiger partial charge < -0.3 is 5.11 Å². The predicted molar refractivity (Wildman–Crippen MR) is 74.6 cm³/mol. The number of piperidine rings is 1. The Kier molecular flexibility index (Phi) is 5.81. The SMILES string of the molecule is CCC1CCN(CCCC(C)(C)C#N)C(C(=O)O)C1. The van der Waals surface area contributed by atoms with Crippen LogP contribution in [0.15, 0.2) is 0 Å². The number of nitriles is 1. The largest absolute Gasteiger partial charge is 0.480 e. The number of hydrogen-bond donors (Lipinski definition) is 1. The summed E-state index contributed by atoms with van der Waals surface area (Å²) in [5, 5.41) is 18.3. The third kappa shape index (κ3) is 4.83. The van der Waals surface area contributed by atoms with Crippen molar-refractivity contribution in [3.63, 3.8) is 0 Å². The van der Waals surface area contributed by atoms with E-state index in [4.69, 9.17) is 5.26 Å². The molecule has 108 valence electrons. The van der Waals surface area contributed by atoms with Crippen molar-refractivity contribution in [1.82, 2.24) is 4.90 Å². The first-order valence-corrected chi connectivity index (χ1v) is 7.27. The summed E-state index contributed by atoms with van der Waals surface area (Å²) in [5.74, 6) is -0.148. The van der Waals surface area contributed by atoms with Crippen LogP contribution in [0.5, 0.6) is 0 Å². The number of carboxylic acid groups (broad SMARTS) is 1. The maximum absolute atomic E-state index is 11.3. The normalized spacial score (nSPS) is 24.9. The molecule has 1 saturated heterocycles. The Hall–Kier alpha value is -1.08. The highest BCUT2D eigenvalue weighted by Crippen LogP contribution is 2.27. The van der Waals surface area contributed by atoms with Crippen molar-refractivity contribution in [2.24, 2.45) is 11.3 Å². The van der Waals surface area contributed by atoms with E-state index in [2.05, 4.69) is 17.9 Å². The summed E-state index contributed by atoms with van der Waals surface area (Å²) in [6, 6.07) is 1.96. The molecule has 1 rings (SSSR count). The van der Waals surface area contributed by atoms with E-state index >= 15 is 0 Å². The number of likely N-dealkylation sites (tertiary alicyclic amines) is 1. The van der Waals surface area contributed by atoms with Crippen LogP contribution in [-0.2, 0) is 4.79 Å². The maximum Gasteiger partial charge on any atom is 0.320 e. The molecule has 2 unspecified atom stereocenters. The third-order valence-corrected chi connectivity index (χ3v) is 4.23. The van der Waals surface area contributed by atoms with Gasteiger partial charge in [0.25, 0.3) is 0 Å². The zero-order valence-corrected chi connectivity index (χ0v) is 12.4. The van der Waals surface area contributed by atoms with Crippen LogP contribution in [0.3, 0.4) is 0 Å². The fourth-order valence-electron chi connectivity index (χ4n) is 2.76. The molecule has 4 nitrogen and oxygen atoms in total. The lowest BCUT2D eigenvalue weighted by atomic mass is 9.87. The standard InChI is InChI=1S/C15H26N2O2/c1-4-12-6-9-17(13(10-12)14(18)19)8-5-7-15(2,3)11-16/h12-13H,4-10H2,1-3H3,(H,18,19). The van der Waals surface area contributed by atoms with Crippen molar-refractivity contribution >= 4 is 5.97 Å². The lowest BCUT2D eigenvalue weighted by molar-refractivity contribution is -0.145. The lowest BCUT2D eigenvalue weighted by Crippen LogP contribution is -2.47. The maximum atomic E-state index is 11.3. The Morgan fingerprint density at radius 1 is 1.53 bits per heavy atom. The summed E-state index contributed by atoms with van der Waals surface area (Å²) in [6.45, 7) is 7.67. The van der Waals surface area contributed by atoms with Gasteiger partial charge in [0.2, 0.25) is 0 Å². The van der Waals surface area contributed by atoms with Gasteiger partial charge in [-0.05, 0) is 58.5 Å². The molecule has 0 bridgehead atoms. The molecule has 19 heavy (non-hydrogen) atoms. The van der Waals surface area contributed by atoms with Crippen LogP contribution in [0.25, 0.3) is 0 Å². The number of hydrogen-bond acceptors (Lipinski definition) is 3. The molecule has 2 atom stereocenters. The Balaban J connectivity index is 2.48. The van der Waals surface area contributed by atoms with E-state index in [9.17, 15) is 9.90 Å². The van der Waals surface area contributed by atoms with Gasteiger partial charge >= 0.3 is 5.97 Å². The average Bonchev–Trinajstić information content (AvgIpc) is 2.38. The number of carbonyl (C=O) groups is 1. The van der Waals surface area contributed by atoms with E-state index in [0.717, 1.165) is 45.2 Å². The summed E-state index contributed by atoms with van der Waals surface area (Å²) in [7, 11) is 0. The average molecular weight is 266 g/mol. The predicted octanol–water partition coefficient (Wildman–Crippen LogP) is 2.89. The van der Waals surface area contributed by atoms with Crippen LogP contribution in [-0.4, -0.2) is 35.1 Å². The molecule has 0 aliphatic carbocycles. The fourth-order valence-corrected chi connectivity index (χ4v) is 2.76. The summed E-state index contributed by atoms with van der Waals surface area (Å²) in [4.78, 5) is 13.4. The molecule has 1 aliphatic rings. The second-order valence-corrected chi connectivity index (χ2v) is 6.29. The molecule has 0 saturated carbocycles. The summed E-state index contributed by atoms with van der Waals surface area (Å²) < 4.78 is 0. The van der Waals surface area contributed by atoms with Crippen LogP contribution in [0.1, 0.15) is 52.9 Å². The van der Waals surface area contributed by atoms with Gasteiger partial charge in [0.05, 0.1) is 11.5 Å². The molecule has 0 aromatic heterocycles. The number of aliphatic carboxylic acids is 1. The minimum atomic E-state index is -0.697. The van der Waals surface area contributed by atoms with Gasteiger partial charge in [-0.25, -0.2) is 0 Å². The van der Waals surface area contributed by atoms with Crippen LogP contribution in [0.4, 0.5) is 0 Å². The lowest BCUT2D eigenvalue weighted by Gasteiger charge is -2.37. The molecular weight excluding hydrogens is 240 g/mol. The van der Waals surface area contributed by atoms with E-state index in [1.807, 2.05) is 13.8 Å². The van der Waals surface area contributed by atoms with E-state index < -0.39 is 5.97 Å². The zero-order chi connectivity index (χ0) is 14.5. The summed E-state index contributed by atoms with van der Waals surface area (Å²) in [5.41, 5.74) is -0.305. The highest BCUT2D eigenvalue weighted by Gasteiger charge is 2.32. The minimum absolute atomic E-state index is 0.305. The molecular formula is C15H26N2O2. The van der Waals surface area contributed by atoms with Gasteiger partial charge in [0, 0.05) is 0 Å². The Labute approximate surface area is 116 Å². The fraction of sp³-hybridized carbons (Fsp3) is 0.867. The van der Waals surface area contributed by atoms with Gasteiger partial charge in [-0.15, -0.1) is 0 Å². The molecule has 0 spiro atoms. The summed E-state index contributed by atoms with van der Waals surface area (Å²) in [6.07, 6.45) is 4.65. The van der Waals surface area contributed by atoms with Crippen molar-refractivity contribution < 1.29 is 9.90 Å². The molecule has 0 amide bonds. The van der Waals surface area contributed by atoms with E-state index in [0.29, 0.717) is 5.92 Å². The van der Waals surface area contributed by atoms with Gasteiger partial charge in [0.1, 0.15) is 6.04 Å². The van der Waals surface area contributed by atoms with Crippen molar-refractivity contribution in [3.05, 3.63) is 0 Å². The van der Waals surface area contributed by atoms with E-state index in [-0.39, 0.29) is 11.5 Å². The molecule has 1 heterocycles. The Bertz CT molecular complexity index is 347. The van der Waals surface area contributed by atoms with Crippen LogP contribution in [0.2, 0.25) is 0 Å². The highest BCUT2D eigenvalue weighted by atomic mass is 16.4. The van der Waals surface area contributed by atoms with Gasteiger partial charge in [-0.1, -0.05) is 13.3 Å². The third-order valence-electron chi connectivity index (χ3n) is 4.23. The topological polar surface area (TPSA) is 64.3 Å². The second-order valence-electron chi connectivity index (χ2n) is 6.29. The van der Waals surface area contributed by atoms with Crippen molar-refractivity contribution in [2.45, 2.75) is 58.9 Å². The molecule has 0 radical (unpaired) electrons. The number of carboxylic acids is 1.